The molecule has 0 bridgehead atoms. The minimum absolute atomic E-state index is 0.280. The Hall–Kier alpha value is -2.02. The van der Waals surface area contributed by atoms with Crippen LogP contribution in [0, 0.1) is 6.92 Å². The number of anilines is 2. The van der Waals surface area contributed by atoms with Gasteiger partial charge in [-0.1, -0.05) is 13.8 Å². The zero-order chi connectivity index (χ0) is 15.2. The first kappa shape index (κ1) is 15.4. The quantitative estimate of drug-likeness (QED) is 0.858. The summed E-state index contributed by atoms with van der Waals surface area (Å²) < 4.78 is 0. The van der Waals surface area contributed by atoms with E-state index in [0.29, 0.717) is 10.9 Å². The van der Waals surface area contributed by atoms with Crippen molar-refractivity contribution in [3.05, 3.63) is 28.7 Å². The largest absolute Gasteiger partial charge is 0.369 e. The maximum absolute atomic E-state index is 12.2. The molecule has 0 spiro atoms. The van der Waals surface area contributed by atoms with Gasteiger partial charge in [-0.25, -0.2) is 9.97 Å². The Labute approximate surface area is 128 Å². The van der Waals surface area contributed by atoms with Crippen molar-refractivity contribution in [2.75, 3.05) is 17.2 Å². The van der Waals surface area contributed by atoms with Gasteiger partial charge >= 0.3 is 0 Å². The lowest BCUT2D eigenvalue weighted by Gasteiger charge is -2.05. The standard InChI is InChI=1S/C14H19N5OS/c1-4-6-16-12-8-15-7-11(17-12)13(20)19-14-18-10(5-2)9(3)21-14/h7-8H,4-6H2,1-3H3,(H,16,17)(H,18,19,20). The molecule has 2 N–H and O–H groups in total. The van der Waals surface area contributed by atoms with Crippen molar-refractivity contribution in [2.45, 2.75) is 33.6 Å². The number of amides is 1. The fraction of sp³-hybridized carbons (Fsp3) is 0.429. The summed E-state index contributed by atoms with van der Waals surface area (Å²) in [5, 5.41) is 6.48. The lowest BCUT2D eigenvalue weighted by Crippen LogP contribution is -2.15. The molecule has 2 aromatic rings. The second-order valence-corrected chi connectivity index (χ2v) is 5.75. The molecule has 7 heteroatoms. The Morgan fingerprint density at radius 3 is 2.76 bits per heavy atom. The molecule has 0 radical (unpaired) electrons. The number of carbonyl (C=O) groups is 1. The highest BCUT2D eigenvalue weighted by Gasteiger charge is 2.13. The van der Waals surface area contributed by atoms with Gasteiger partial charge < -0.3 is 5.32 Å². The third-order valence-corrected chi connectivity index (χ3v) is 3.80. The molecule has 0 saturated heterocycles. The minimum atomic E-state index is -0.293. The van der Waals surface area contributed by atoms with Crippen molar-refractivity contribution in [3.63, 3.8) is 0 Å². The van der Waals surface area contributed by atoms with Crippen LogP contribution in [0.5, 0.6) is 0 Å². The van der Waals surface area contributed by atoms with Crippen LogP contribution < -0.4 is 10.6 Å². The number of aryl methyl sites for hydroxylation is 2. The molecule has 0 aromatic carbocycles. The average molecular weight is 305 g/mol. The van der Waals surface area contributed by atoms with E-state index in [1.165, 1.54) is 17.5 Å². The Morgan fingerprint density at radius 1 is 1.29 bits per heavy atom. The predicted molar refractivity (Wildman–Crippen MR) is 85.0 cm³/mol. The zero-order valence-corrected chi connectivity index (χ0v) is 13.3. The first-order valence-corrected chi connectivity index (χ1v) is 7.79. The maximum atomic E-state index is 12.2. The van der Waals surface area contributed by atoms with Crippen LogP contribution in [0.4, 0.5) is 10.9 Å². The van der Waals surface area contributed by atoms with Gasteiger partial charge in [-0.3, -0.25) is 15.1 Å². The maximum Gasteiger partial charge on any atom is 0.277 e. The van der Waals surface area contributed by atoms with Gasteiger partial charge in [0.1, 0.15) is 11.5 Å². The second-order valence-electron chi connectivity index (χ2n) is 4.55. The van der Waals surface area contributed by atoms with Gasteiger partial charge in [-0.2, -0.15) is 0 Å². The summed E-state index contributed by atoms with van der Waals surface area (Å²) in [5.41, 5.74) is 1.29. The molecule has 21 heavy (non-hydrogen) atoms. The smallest absolute Gasteiger partial charge is 0.277 e. The predicted octanol–water partition coefficient (Wildman–Crippen LogP) is 2.88. The fourth-order valence-corrected chi connectivity index (χ4v) is 2.68. The van der Waals surface area contributed by atoms with Gasteiger partial charge in [0.2, 0.25) is 0 Å². The molecule has 0 aliphatic rings. The average Bonchev–Trinajstić information content (AvgIpc) is 2.85. The SMILES string of the molecule is CCCNc1cncc(C(=O)Nc2nc(CC)c(C)s2)n1. The Balaban J connectivity index is 2.08. The van der Waals surface area contributed by atoms with Crippen molar-refractivity contribution in [2.24, 2.45) is 0 Å². The summed E-state index contributed by atoms with van der Waals surface area (Å²) >= 11 is 1.47. The van der Waals surface area contributed by atoms with Crippen LogP contribution in [0.25, 0.3) is 0 Å². The van der Waals surface area contributed by atoms with Gasteiger partial charge in [0.25, 0.3) is 5.91 Å². The number of thiazole rings is 1. The second kappa shape index (κ2) is 7.12. The lowest BCUT2D eigenvalue weighted by atomic mass is 10.3. The number of aromatic nitrogens is 3. The first-order valence-electron chi connectivity index (χ1n) is 6.97. The summed E-state index contributed by atoms with van der Waals surface area (Å²) in [7, 11) is 0. The van der Waals surface area contributed by atoms with Crippen LogP contribution in [0.3, 0.4) is 0 Å². The van der Waals surface area contributed by atoms with E-state index in [1.54, 1.807) is 6.20 Å². The van der Waals surface area contributed by atoms with Gasteiger partial charge in [-0.05, 0) is 19.8 Å². The Bertz CT molecular complexity index is 626. The molecular formula is C14H19N5OS. The van der Waals surface area contributed by atoms with E-state index in [9.17, 15) is 4.79 Å². The van der Waals surface area contributed by atoms with E-state index in [4.69, 9.17) is 0 Å². The number of nitrogens with one attached hydrogen (secondary N) is 2. The van der Waals surface area contributed by atoms with Crippen molar-refractivity contribution in [1.29, 1.82) is 0 Å². The van der Waals surface area contributed by atoms with Gasteiger partial charge in [0, 0.05) is 11.4 Å². The van der Waals surface area contributed by atoms with Crippen LogP contribution in [-0.4, -0.2) is 27.4 Å². The zero-order valence-electron chi connectivity index (χ0n) is 12.4. The van der Waals surface area contributed by atoms with Gasteiger partial charge in [0.05, 0.1) is 18.1 Å². The van der Waals surface area contributed by atoms with Crippen LogP contribution in [-0.2, 0) is 6.42 Å². The summed E-state index contributed by atoms with van der Waals surface area (Å²) in [6, 6.07) is 0. The number of nitrogens with zero attached hydrogens (tertiary/aromatic N) is 3. The van der Waals surface area contributed by atoms with Crippen LogP contribution in [0.15, 0.2) is 12.4 Å². The minimum Gasteiger partial charge on any atom is -0.369 e. The van der Waals surface area contributed by atoms with Gasteiger partial charge in [-0.15, -0.1) is 11.3 Å². The Kier molecular flexibility index (Phi) is 5.21. The van der Waals surface area contributed by atoms with Crippen molar-refractivity contribution in [3.8, 4) is 0 Å². The highest BCUT2D eigenvalue weighted by Crippen LogP contribution is 2.22. The summed E-state index contributed by atoms with van der Waals surface area (Å²) in [4.78, 5) is 26.0. The molecule has 0 unspecified atom stereocenters. The van der Waals surface area contributed by atoms with Crippen LogP contribution in [0.2, 0.25) is 0 Å². The molecule has 0 atom stereocenters. The fourth-order valence-electron chi connectivity index (χ4n) is 1.78. The highest BCUT2D eigenvalue weighted by molar-refractivity contribution is 7.15. The number of rotatable bonds is 6. The Morgan fingerprint density at radius 2 is 2.10 bits per heavy atom. The topological polar surface area (TPSA) is 79.8 Å². The van der Waals surface area contributed by atoms with Crippen molar-refractivity contribution in [1.82, 2.24) is 15.0 Å². The molecular weight excluding hydrogens is 286 g/mol. The number of carbonyl (C=O) groups excluding carboxylic acids is 1. The van der Waals surface area contributed by atoms with E-state index in [2.05, 4.69) is 32.5 Å². The third-order valence-electron chi connectivity index (χ3n) is 2.87. The molecule has 0 aliphatic carbocycles. The van der Waals surface area contributed by atoms with Crippen LogP contribution >= 0.6 is 11.3 Å². The number of hydrogen-bond donors (Lipinski definition) is 2. The molecule has 2 rings (SSSR count). The molecule has 0 aliphatic heterocycles. The highest BCUT2D eigenvalue weighted by atomic mass is 32.1. The van der Waals surface area contributed by atoms with E-state index >= 15 is 0 Å². The van der Waals surface area contributed by atoms with E-state index < -0.39 is 0 Å². The molecule has 1 amide bonds. The monoisotopic (exact) mass is 305 g/mol. The molecule has 2 aromatic heterocycles. The van der Waals surface area contributed by atoms with Crippen LogP contribution in [0.1, 0.15) is 41.3 Å². The molecule has 112 valence electrons. The number of hydrogen-bond acceptors (Lipinski definition) is 6. The first-order chi connectivity index (χ1) is 10.1. The van der Waals surface area contributed by atoms with Crippen molar-refractivity contribution >= 4 is 28.2 Å². The van der Waals surface area contributed by atoms with E-state index in [0.717, 1.165) is 30.0 Å². The summed E-state index contributed by atoms with van der Waals surface area (Å²) in [6.07, 6.45) is 4.90. The molecule has 0 fully saturated rings. The van der Waals surface area contributed by atoms with E-state index in [-0.39, 0.29) is 11.6 Å². The third kappa shape index (κ3) is 3.98. The molecule has 0 saturated carbocycles. The summed E-state index contributed by atoms with van der Waals surface area (Å²) in [6.45, 7) is 6.90. The molecule has 2 heterocycles. The van der Waals surface area contributed by atoms with Crippen molar-refractivity contribution < 1.29 is 4.79 Å². The van der Waals surface area contributed by atoms with Gasteiger partial charge in [0.15, 0.2) is 5.13 Å². The summed E-state index contributed by atoms with van der Waals surface area (Å²) in [5.74, 6) is 0.313. The normalized spacial score (nSPS) is 10.4. The molecule has 6 nitrogen and oxygen atoms in total. The lowest BCUT2D eigenvalue weighted by molar-refractivity contribution is 0.102. The van der Waals surface area contributed by atoms with E-state index in [1.807, 2.05) is 13.8 Å².